The van der Waals surface area contributed by atoms with E-state index in [0.717, 1.165) is 23.0 Å². The van der Waals surface area contributed by atoms with Crippen LogP contribution in [0.15, 0.2) is 64.7 Å². The lowest BCUT2D eigenvalue weighted by atomic mass is 10.2. The Hall–Kier alpha value is -1.79. The van der Waals surface area contributed by atoms with Crippen molar-refractivity contribution in [2.75, 3.05) is 0 Å². The maximum absolute atomic E-state index is 9.16. The molecule has 0 unspecified atom stereocenters. The van der Waals surface area contributed by atoms with Gasteiger partial charge in [-0.25, -0.2) is 9.98 Å². The average Bonchev–Trinajstić information content (AvgIpc) is 3.05. The van der Waals surface area contributed by atoms with Gasteiger partial charge in [0.1, 0.15) is 11.1 Å². The lowest BCUT2D eigenvalue weighted by Gasteiger charge is -2.29. The van der Waals surface area contributed by atoms with Crippen molar-refractivity contribution in [2.45, 2.75) is 8.45 Å². The molecule has 0 amide bonds. The second-order valence-electron chi connectivity index (χ2n) is 5.45. The number of ether oxygens (including phenoxy) is 1. The van der Waals surface area contributed by atoms with Gasteiger partial charge in [0.05, 0.1) is 15.7 Å². The molecule has 0 atom stereocenters. The van der Waals surface area contributed by atoms with E-state index in [2.05, 4.69) is 47.2 Å². The summed E-state index contributed by atoms with van der Waals surface area (Å²) >= 11 is 14.5. The van der Waals surface area contributed by atoms with Gasteiger partial charge in [-0.2, -0.15) is 5.26 Å². The summed E-state index contributed by atoms with van der Waals surface area (Å²) < 4.78 is 6.92. The summed E-state index contributed by atoms with van der Waals surface area (Å²) in [5, 5.41) is 12.4. The van der Waals surface area contributed by atoms with E-state index >= 15 is 0 Å². The van der Waals surface area contributed by atoms with E-state index in [0.29, 0.717) is 27.5 Å². The molecule has 2 aromatic heterocycles. The normalized spacial score (nSPS) is 14.7. The molecule has 0 N–H and O–H groups in total. The molecular formula is C18H9Br2ClN4OS. The minimum Gasteiger partial charge on any atom is -0.443 e. The zero-order valence-corrected chi connectivity index (χ0v) is 18.2. The number of alkyl halides is 2. The van der Waals surface area contributed by atoms with Crippen molar-refractivity contribution in [3.63, 3.8) is 0 Å². The molecule has 1 aromatic carbocycles. The van der Waals surface area contributed by atoms with E-state index in [4.69, 9.17) is 21.6 Å². The van der Waals surface area contributed by atoms with Crippen LogP contribution in [0.3, 0.4) is 0 Å². The quantitative estimate of drug-likeness (QED) is 0.236. The number of hydrogen-bond donors (Lipinski definition) is 0. The number of para-hydroxylation sites is 1. The highest BCUT2D eigenvalue weighted by molar-refractivity contribution is 9.24. The summed E-state index contributed by atoms with van der Waals surface area (Å²) in [4.78, 5) is 9.03. The second kappa shape index (κ2) is 7.32. The van der Waals surface area contributed by atoms with Crippen LogP contribution in [-0.2, 0) is 8.16 Å². The van der Waals surface area contributed by atoms with Crippen LogP contribution in [0.25, 0.3) is 5.82 Å². The van der Waals surface area contributed by atoms with Crippen molar-refractivity contribution < 1.29 is 4.74 Å². The predicted molar refractivity (Wildman–Crippen MR) is 113 cm³/mol. The Balaban J connectivity index is 1.93. The Morgan fingerprint density at radius 3 is 2.74 bits per heavy atom. The number of aliphatic imine (C=N–C) groups is 1. The first-order valence-electron chi connectivity index (χ1n) is 7.65. The molecule has 3 aromatic rings. The van der Waals surface area contributed by atoms with Gasteiger partial charge in [0.2, 0.25) is 9.32 Å². The highest BCUT2D eigenvalue weighted by atomic mass is 79.9. The fourth-order valence-corrected chi connectivity index (χ4v) is 4.40. The van der Waals surface area contributed by atoms with E-state index in [1.807, 2.05) is 36.4 Å². The van der Waals surface area contributed by atoms with Gasteiger partial charge < -0.3 is 4.74 Å². The van der Waals surface area contributed by atoms with E-state index < -0.39 is 3.42 Å². The van der Waals surface area contributed by atoms with E-state index in [1.54, 1.807) is 22.9 Å². The lowest BCUT2D eigenvalue weighted by molar-refractivity contribution is 0.256. The zero-order valence-electron chi connectivity index (χ0n) is 13.4. The minimum absolute atomic E-state index is 0.369. The highest BCUT2D eigenvalue weighted by Crippen LogP contribution is 2.47. The number of halogens is 3. The molecule has 0 aliphatic carbocycles. The van der Waals surface area contributed by atoms with Crippen LogP contribution in [-0.4, -0.2) is 15.4 Å². The van der Waals surface area contributed by atoms with Gasteiger partial charge in [0.25, 0.3) is 0 Å². The van der Waals surface area contributed by atoms with Crippen LogP contribution in [0.4, 0.5) is 5.69 Å². The highest BCUT2D eigenvalue weighted by Gasteiger charge is 2.37. The molecule has 0 radical (unpaired) electrons. The van der Waals surface area contributed by atoms with Crippen LogP contribution >= 0.6 is 55.2 Å². The fourth-order valence-electron chi connectivity index (χ4n) is 2.71. The smallest absolute Gasteiger partial charge is 0.247 e. The second-order valence-corrected chi connectivity index (χ2v) is 9.96. The molecule has 0 saturated carbocycles. The molecule has 4 rings (SSSR count). The summed E-state index contributed by atoms with van der Waals surface area (Å²) in [5.74, 6) is 0.866. The number of benzene rings is 1. The summed E-state index contributed by atoms with van der Waals surface area (Å²) in [6, 6.07) is 14.8. The predicted octanol–water partition coefficient (Wildman–Crippen LogP) is 6.11. The molecule has 5 nitrogen and oxygen atoms in total. The molecule has 0 spiro atoms. The minimum atomic E-state index is -0.917. The Morgan fingerprint density at radius 1 is 1.15 bits per heavy atom. The molecule has 134 valence electrons. The van der Waals surface area contributed by atoms with E-state index in [1.165, 1.54) is 0 Å². The van der Waals surface area contributed by atoms with Crippen LogP contribution in [0.5, 0.6) is 0 Å². The summed E-state index contributed by atoms with van der Waals surface area (Å²) in [6.45, 7) is 0. The number of thiocyanates is 1. The summed E-state index contributed by atoms with van der Waals surface area (Å²) in [5.41, 5.74) is 2.25. The van der Waals surface area contributed by atoms with Gasteiger partial charge in [-0.05, 0) is 62.2 Å². The van der Waals surface area contributed by atoms with Gasteiger partial charge in [-0.3, -0.25) is 4.57 Å². The molecule has 27 heavy (non-hydrogen) atoms. The largest absolute Gasteiger partial charge is 0.443 e. The van der Waals surface area contributed by atoms with Crippen molar-refractivity contribution in [3.05, 3.63) is 71.0 Å². The first-order chi connectivity index (χ1) is 13.0. The first kappa shape index (κ1) is 18.6. The van der Waals surface area contributed by atoms with Crippen molar-refractivity contribution >= 4 is 66.8 Å². The Labute approximate surface area is 181 Å². The number of nitriles is 1. The monoisotopic (exact) mass is 522 g/mol. The standard InChI is InChI=1S/C18H9Br2ClN4OS/c19-18(20)11-4-1-2-6-13(11)24-17(26-18)14-7-8-15(27-10-22)25(14)16-12(21)5-3-9-23-16/h1-9H. The van der Waals surface area contributed by atoms with Gasteiger partial charge in [0, 0.05) is 23.5 Å². The number of pyridine rings is 1. The van der Waals surface area contributed by atoms with E-state index in [9.17, 15) is 0 Å². The molecule has 9 heteroatoms. The number of nitrogens with zero attached hydrogens (tertiary/aromatic N) is 4. The molecular weight excluding hydrogens is 516 g/mol. The summed E-state index contributed by atoms with van der Waals surface area (Å²) in [7, 11) is 0. The van der Waals surface area contributed by atoms with Gasteiger partial charge in [-0.15, -0.1) is 0 Å². The van der Waals surface area contributed by atoms with Gasteiger partial charge in [0.15, 0.2) is 5.82 Å². The third-order valence-electron chi connectivity index (χ3n) is 3.83. The van der Waals surface area contributed by atoms with Crippen molar-refractivity contribution in [2.24, 2.45) is 4.99 Å². The van der Waals surface area contributed by atoms with Crippen LogP contribution in [0, 0.1) is 10.7 Å². The fraction of sp³-hybridized carbons (Fsp3) is 0.0556. The molecule has 0 bridgehead atoms. The molecule has 3 heterocycles. The molecule has 0 fully saturated rings. The van der Waals surface area contributed by atoms with Crippen molar-refractivity contribution in [1.29, 1.82) is 5.26 Å². The first-order valence-corrected chi connectivity index (χ1v) is 10.4. The van der Waals surface area contributed by atoms with E-state index in [-0.39, 0.29) is 0 Å². The average molecular weight is 525 g/mol. The number of rotatable bonds is 3. The number of thioether (sulfide) groups is 1. The number of fused-ring (bicyclic) bond motifs is 1. The van der Waals surface area contributed by atoms with Crippen molar-refractivity contribution in [1.82, 2.24) is 9.55 Å². The molecule has 0 saturated heterocycles. The Kier molecular flexibility index (Phi) is 5.03. The lowest BCUT2D eigenvalue weighted by Crippen LogP contribution is -2.25. The van der Waals surface area contributed by atoms with Crippen LogP contribution < -0.4 is 0 Å². The topological polar surface area (TPSA) is 63.2 Å². The maximum atomic E-state index is 9.16. The van der Waals surface area contributed by atoms with Gasteiger partial charge in [-0.1, -0.05) is 29.8 Å². The zero-order chi connectivity index (χ0) is 19.0. The van der Waals surface area contributed by atoms with Crippen LogP contribution in [0.2, 0.25) is 5.02 Å². The summed E-state index contributed by atoms with van der Waals surface area (Å²) in [6.07, 6.45) is 1.64. The SMILES string of the molecule is N#CSc1ccc(C2=Nc3ccccc3C(Br)(Br)O2)n1-c1ncccc1Cl. The Morgan fingerprint density at radius 2 is 1.96 bits per heavy atom. The Bertz CT molecular complexity index is 1110. The van der Waals surface area contributed by atoms with Crippen LogP contribution in [0.1, 0.15) is 11.3 Å². The van der Waals surface area contributed by atoms with Crippen molar-refractivity contribution in [3.8, 4) is 11.2 Å². The molecule has 1 aliphatic rings. The third-order valence-corrected chi connectivity index (χ3v) is 5.92. The maximum Gasteiger partial charge on any atom is 0.247 e. The molecule has 1 aliphatic heterocycles. The number of hydrogen-bond acceptors (Lipinski definition) is 5. The third kappa shape index (κ3) is 3.41. The van der Waals surface area contributed by atoms with Gasteiger partial charge >= 0.3 is 0 Å². The number of aromatic nitrogens is 2.